The van der Waals surface area contributed by atoms with E-state index >= 15 is 0 Å². The van der Waals surface area contributed by atoms with E-state index in [1.807, 2.05) is 6.07 Å². The van der Waals surface area contributed by atoms with E-state index in [1.54, 1.807) is 12.3 Å². The van der Waals surface area contributed by atoms with Crippen molar-refractivity contribution < 1.29 is 4.79 Å². The lowest BCUT2D eigenvalue weighted by Crippen LogP contribution is -2.48. The standard InChI is InChI=1S/C14H21BrN4O/c1-2-5-18-6-8-19(9-7-18)11-14(20)17-13-4-3-12(15)10-16-13/h3-4,10H,2,5-9,11H2,1H3,(H,16,17,20). The van der Waals surface area contributed by atoms with Crippen LogP contribution in [0.15, 0.2) is 22.8 Å². The van der Waals surface area contributed by atoms with E-state index in [1.165, 1.54) is 6.42 Å². The van der Waals surface area contributed by atoms with Crippen LogP contribution in [-0.2, 0) is 4.79 Å². The van der Waals surface area contributed by atoms with Crippen molar-refractivity contribution in [3.8, 4) is 0 Å². The van der Waals surface area contributed by atoms with Crippen LogP contribution in [0.2, 0.25) is 0 Å². The molecule has 1 fully saturated rings. The van der Waals surface area contributed by atoms with Gasteiger partial charge >= 0.3 is 0 Å². The van der Waals surface area contributed by atoms with Crippen molar-refractivity contribution >= 4 is 27.7 Å². The zero-order valence-corrected chi connectivity index (χ0v) is 13.4. The van der Waals surface area contributed by atoms with Crippen LogP contribution in [0.3, 0.4) is 0 Å². The van der Waals surface area contributed by atoms with Gasteiger partial charge in [0.25, 0.3) is 0 Å². The number of hydrogen-bond acceptors (Lipinski definition) is 4. The van der Waals surface area contributed by atoms with Gasteiger partial charge in [0.2, 0.25) is 5.91 Å². The van der Waals surface area contributed by atoms with E-state index in [0.717, 1.165) is 37.2 Å². The van der Waals surface area contributed by atoms with Crippen molar-refractivity contribution in [2.24, 2.45) is 0 Å². The molecule has 0 aromatic carbocycles. The number of piperazine rings is 1. The smallest absolute Gasteiger partial charge is 0.239 e. The number of amides is 1. The number of nitrogens with one attached hydrogen (secondary N) is 1. The summed E-state index contributed by atoms with van der Waals surface area (Å²) in [5, 5.41) is 2.83. The zero-order chi connectivity index (χ0) is 14.4. The number of anilines is 1. The van der Waals surface area contributed by atoms with Gasteiger partial charge in [0.15, 0.2) is 0 Å². The third kappa shape index (κ3) is 4.85. The molecule has 1 aromatic rings. The molecule has 1 aliphatic rings. The molecule has 2 heterocycles. The maximum atomic E-state index is 12.0. The Bertz CT molecular complexity index is 429. The number of halogens is 1. The highest BCUT2D eigenvalue weighted by molar-refractivity contribution is 9.10. The summed E-state index contributed by atoms with van der Waals surface area (Å²) in [6, 6.07) is 3.66. The van der Waals surface area contributed by atoms with Crippen LogP contribution in [0.5, 0.6) is 0 Å². The second-order valence-electron chi connectivity index (χ2n) is 5.03. The lowest BCUT2D eigenvalue weighted by atomic mass is 10.3. The topological polar surface area (TPSA) is 48.5 Å². The lowest BCUT2D eigenvalue weighted by Gasteiger charge is -2.33. The van der Waals surface area contributed by atoms with Gasteiger partial charge in [-0.05, 0) is 41.0 Å². The molecule has 0 saturated carbocycles. The second-order valence-corrected chi connectivity index (χ2v) is 5.94. The van der Waals surface area contributed by atoms with Crippen LogP contribution < -0.4 is 5.32 Å². The number of hydrogen-bond donors (Lipinski definition) is 1. The summed E-state index contributed by atoms with van der Waals surface area (Å²) in [6.07, 6.45) is 2.87. The highest BCUT2D eigenvalue weighted by Gasteiger charge is 2.18. The van der Waals surface area contributed by atoms with Crippen LogP contribution in [0.25, 0.3) is 0 Å². The van der Waals surface area contributed by atoms with Crippen molar-refractivity contribution in [1.29, 1.82) is 0 Å². The van der Waals surface area contributed by atoms with Crippen molar-refractivity contribution in [3.05, 3.63) is 22.8 Å². The molecule has 5 nitrogen and oxygen atoms in total. The predicted octanol–water partition coefficient (Wildman–Crippen LogP) is 1.81. The maximum Gasteiger partial charge on any atom is 0.239 e. The normalized spacial score (nSPS) is 17.1. The lowest BCUT2D eigenvalue weighted by molar-refractivity contribution is -0.117. The van der Waals surface area contributed by atoms with Gasteiger partial charge in [-0.15, -0.1) is 0 Å². The number of carbonyl (C=O) groups excluding carboxylic acids is 1. The molecule has 1 aliphatic heterocycles. The van der Waals surface area contributed by atoms with Gasteiger partial charge in [-0.2, -0.15) is 0 Å². The largest absolute Gasteiger partial charge is 0.310 e. The number of nitrogens with zero attached hydrogens (tertiary/aromatic N) is 3. The van der Waals surface area contributed by atoms with E-state index in [2.05, 4.69) is 43.0 Å². The van der Waals surface area contributed by atoms with Gasteiger partial charge in [-0.25, -0.2) is 4.98 Å². The monoisotopic (exact) mass is 340 g/mol. The summed E-state index contributed by atoms with van der Waals surface area (Å²) in [7, 11) is 0. The van der Waals surface area contributed by atoms with Gasteiger partial charge in [-0.3, -0.25) is 9.69 Å². The molecular formula is C14H21BrN4O. The molecule has 6 heteroatoms. The first kappa shape index (κ1) is 15.4. The Kier molecular flexibility index (Phi) is 5.94. The first-order valence-electron chi connectivity index (χ1n) is 7.03. The Morgan fingerprint density at radius 1 is 1.30 bits per heavy atom. The average molecular weight is 341 g/mol. The first-order valence-corrected chi connectivity index (χ1v) is 7.83. The Morgan fingerprint density at radius 2 is 2.00 bits per heavy atom. The summed E-state index contributed by atoms with van der Waals surface area (Å²) in [5.41, 5.74) is 0. The fraction of sp³-hybridized carbons (Fsp3) is 0.571. The van der Waals surface area contributed by atoms with E-state index in [9.17, 15) is 4.79 Å². The molecule has 110 valence electrons. The van der Waals surface area contributed by atoms with Crippen LogP contribution in [-0.4, -0.2) is 60.0 Å². The highest BCUT2D eigenvalue weighted by Crippen LogP contribution is 2.10. The van der Waals surface area contributed by atoms with E-state index in [4.69, 9.17) is 0 Å². The molecule has 0 unspecified atom stereocenters. The Balaban J connectivity index is 1.74. The molecule has 0 bridgehead atoms. The van der Waals surface area contributed by atoms with E-state index in [-0.39, 0.29) is 5.91 Å². The van der Waals surface area contributed by atoms with Crippen molar-refractivity contribution in [3.63, 3.8) is 0 Å². The molecule has 0 radical (unpaired) electrons. The van der Waals surface area contributed by atoms with Gasteiger partial charge in [0.05, 0.1) is 6.54 Å². The van der Waals surface area contributed by atoms with Gasteiger partial charge in [-0.1, -0.05) is 6.92 Å². The number of rotatable bonds is 5. The predicted molar refractivity (Wildman–Crippen MR) is 83.7 cm³/mol. The maximum absolute atomic E-state index is 12.0. The van der Waals surface area contributed by atoms with Gasteiger partial charge in [0.1, 0.15) is 5.82 Å². The quantitative estimate of drug-likeness (QED) is 0.888. The van der Waals surface area contributed by atoms with E-state index in [0.29, 0.717) is 12.4 Å². The summed E-state index contributed by atoms with van der Waals surface area (Å²) < 4.78 is 0.905. The summed E-state index contributed by atoms with van der Waals surface area (Å²) >= 11 is 3.32. The van der Waals surface area contributed by atoms with Crippen molar-refractivity contribution in [2.45, 2.75) is 13.3 Å². The van der Waals surface area contributed by atoms with Crippen LogP contribution in [0.1, 0.15) is 13.3 Å². The number of pyridine rings is 1. The third-order valence-electron chi connectivity index (χ3n) is 3.37. The minimum absolute atomic E-state index is 0.00349. The Hall–Kier alpha value is -0.980. The molecule has 0 atom stereocenters. The SMILES string of the molecule is CCCN1CCN(CC(=O)Nc2ccc(Br)cn2)CC1. The van der Waals surface area contributed by atoms with Crippen molar-refractivity contribution in [1.82, 2.24) is 14.8 Å². The number of carbonyl (C=O) groups is 1. The summed E-state index contributed by atoms with van der Waals surface area (Å²) in [4.78, 5) is 20.7. The molecule has 2 rings (SSSR count). The molecule has 20 heavy (non-hydrogen) atoms. The van der Waals surface area contributed by atoms with Crippen LogP contribution >= 0.6 is 15.9 Å². The van der Waals surface area contributed by atoms with E-state index < -0.39 is 0 Å². The van der Waals surface area contributed by atoms with Gasteiger partial charge in [0, 0.05) is 36.8 Å². The molecule has 1 amide bonds. The fourth-order valence-corrected chi connectivity index (χ4v) is 2.56. The molecule has 0 spiro atoms. The minimum atomic E-state index is 0.00349. The molecule has 1 saturated heterocycles. The fourth-order valence-electron chi connectivity index (χ4n) is 2.32. The molecule has 1 aromatic heterocycles. The number of aromatic nitrogens is 1. The second kappa shape index (κ2) is 7.71. The molecule has 1 N–H and O–H groups in total. The molecular weight excluding hydrogens is 320 g/mol. The third-order valence-corrected chi connectivity index (χ3v) is 3.84. The van der Waals surface area contributed by atoms with Gasteiger partial charge < -0.3 is 10.2 Å². The molecule has 0 aliphatic carbocycles. The average Bonchev–Trinajstić information content (AvgIpc) is 2.44. The Morgan fingerprint density at radius 3 is 2.60 bits per heavy atom. The Labute approximate surface area is 128 Å². The van der Waals surface area contributed by atoms with Crippen LogP contribution in [0.4, 0.5) is 5.82 Å². The highest BCUT2D eigenvalue weighted by atomic mass is 79.9. The minimum Gasteiger partial charge on any atom is -0.310 e. The van der Waals surface area contributed by atoms with Crippen LogP contribution in [0, 0.1) is 0 Å². The summed E-state index contributed by atoms with van der Waals surface area (Å²) in [6.45, 7) is 7.82. The summed E-state index contributed by atoms with van der Waals surface area (Å²) in [5.74, 6) is 0.603. The first-order chi connectivity index (χ1) is 9.67. The zero-order valence-electron chi connectivity index (χ0n) is 11.8. The van der Waals surface area contributed by atoms with Crippen molar-refractivity contribution in [2.75, 3.05) is 44.6 Å².